The number of ether oxygens (including phenoxy) is 1. The van der Waals surface area contributed by atoms with Gasteiger partial charge in [-0.15, -0.1) is 0 Å². The van der Waals surface area contributed by atoms with E-state index in [1.165, 1.54) is 59.2 Å². The normalized spacial score (nSPS) is 11.9. The van der Waals surface area contributed by atoms with Crippen LogP contribution in [0.15, 0.2) is 115 Å². The average Bonchev–Trinajstić information content (AvgIpc) is 2.09. The summed E-state index contributed by atoms with van der Waals surface area (Å²) in [7, 11) is 1.62. The Morgan fingerprint density at radius 3 is 0.943 bits per heavy atom. The van der Waals surface area contributed by atoms with Crippen LogP contribution in [0.4, 0.5) is 0 Å². The number of phenolic OH excluding ortho intramolecular Hbond substituents is 10. The fraction of sp³-hybridized carbons (Fsp3) is 0.447. The van der Waals surface area contributed by atoms with Gasteiger partial charge in [-0.25, -0.2) is 0 Å². The molecule has 0 aliphatic heterocycles. The van der Waals surface area contributed by atoms with Crippen LogP contribution in [0.5, 0.6) is 63.2 Å². The summed E-state index contributed by atoms with van der Waals surface area (Å²) in [6.45, 7) is 52.2. The third-order valence-electron chi connectivity index (χ3n) is 14.7. The van der Waals surface area contributed by atoms with Gasteiger partial charge in [-0.05, 0) is 194 Å². The Kier molecular flexibility index (Phi) is 25.5. The van der Waals surface area contributed by atoms with Gasteiger partial charge in [0, 0.05) is 17.0 Å². The highest BCUT2D eigenvalue weighted by atomic mass is 16.5. The lowest BCUT2D eigenvalue weighted by atomic mass is 9.78. The summed E-state index contributed by atoms with van der Waals surface area (Å²) in [5.41, 5.74) is 12.1. The number of aryl methyl sites for hydroxylation is 3. The van der Waals surface area contributed by atoms with E-state index in [9.17, 15) is 35.7 Å². The average molecular weight is 1200 g/mol. The monoisotopic (exact) mass is 1200 g/mol. The maximum absolute atomic E-state index is 10.4. The summed E-state index contributed by atoms with van der Waals surface area (Å²) < 4.78 is 5.09. The minimum absolute atomic E-state index is 0.00514. The molecular weight excluding hydrogens is 1090 g/mol. The van der Waals surface area contributed by atoms with Gasteiger partial charge in [0.15, 0.2) is 11.5 Å². The zero-order valence-electron chi connectivity index (χ0n) is 57.4. The first kappa shape index (κ1) is 75.4. The number of methoxy groups -OCH3 is 1. The van der Waals surface area contributed by atoms with Gasteiger partial charge >= 0.3 is 0 Å². The van der Waals surface area contributed by atoms with E-state index < -0.39 is 0 Å². The van der Waals surface area contributed by atoms with Gasteiger partial charge < -0.3 is 55.8 Å². The smallest absolute Gasteiger partial charge is 0.157 e. The molecule has 11 heteroatoms. The Bertz CT molecular complexity index is 3230. The van der Waals surface area contributed by atoms with E-state index in [1.807, 2.05) is 45.0 Å². The molecule has 0 fully saturated rings. The van der Waals surface area contributed by atoms with Crippen LogP contribution in [0, 0.1) is 20.8 Å². The molecule has 7 aromatic rings. The number of benzene rings is 7. The molecule has 87 heavy (non-hydrogen) atoms. The van der Waals surface area contributed by atoms with Crippen LogP contribution in [0.1, 0.15) is 225 Å². The van der Waals surface area contributed by atoms with Crippen molar-refractivity contribution >= 4 is 0 Å². The zero-order valence-corrected chi connectivity index (χ0v) is 57.4. The first-order valence-corrected chi connectivity index (χ1v) is 29.8. The largest absolute Gasteiger partial charge is 0.508 e. The van der Waals surface area contributed by atoms with Gasteiger partial charge in [0.05, 0.1) is 7.11 Å². The van der Waals surface area contributed by atoms with Gasteiger partial charge in [0.1, 0.15) is 51.7 Å². The van der Waals surface area contributed by atoms with E-state index in [2.05, 4.69) is 177 Å². The highest BCUT2D eigenvalue weighted by Gasteiger charge is 2.28. The molecule has 0 aromatic heterocycles. The van der Waals surface area contributed by atoms with E-state index in [4.69, 9.17) is 20.1 Å². The van der Waals surface area contributed by atoms with Gasteiger partial charge in [0.2, 0.25) is 0 Å². The third kappa shape index (κ3) is 22.9. The van der Waals surface area contributed by atoms with Crippen LogP contribution in [0.3, 0.4) is 0 Å². The van der Waals surface area contributed by atoms with Gasteiger partial charge in [-0.2, -0.15) is 0 Å². The minimum Gasteiger partial charge on any atom is -0.508 e. The molecule has 7 rings (SSSR count). The Balaban J connectivity index is 0.000000371. The Morgan fingerprint density at radius 1 is 0.299 bits per heavy atom. The van der Waals surface area contributed by atoms with Crippen molar-refractivity contribution in [3.63, 3.8) is 0 Å². The van der Waals surface area contributed by atoms with Crippen LogP contribution in [-0.4, -0.2) is 58.2 Å². The second-order valence-corrected chi connectivity index (χ2v) is 29.9. The molecule has 478 valence electrons. The van der Waals surface area contributed by atoms with Gasteiger partial charge in [-0.1, -0.05) is 188 Å². The second-order valence-electron chi connectivity index (χ2n) is 29.9. The van der Waals surface area contributed by atoms with E-state index in [0.29, 0.717) is 23.0 Å². The molecule has 0 unspecified atom stereocenters. The van der Waals surface area contributed by atoms with Crippen molar-refractivity contribution in [2.24, 2.45) is 0 Å². The number of aromatic hydroxyl groups is 10. The molecule has 0 bridgehead atoms. The molecule has 0 saturated heterocycles. The molecule has 10 N–H and O–H groups in total. The number of phenols is 10. The summed E-state index contributed by atoms with van der Waals surface area (Å²) in [4.78, 5) is 0. The summed E-state index contributed by atoms with van der Waals surface area (Å²) in [5, 5.41) is 95.0. The van der Waals surface area contributed by atoms with Crippen molar-refractivity contribution in [2.75, 3.05) is 7.11 Å². The van der Waals surface area contributed by atoms with E-state index in [-0.39, 0.29) is 78.3 Å². The van der Waals surface area contributed by atoms with Gasteiger partial charge in [0.25, 0.3) is 0 Å². The quantitative estimate of drug-likeness (QED) is 0.0594. The van der Waals surface area contributed by atoms with Crippen LogP contribution in [0.25, 0.3) is 0 Å². The van der Waals surface area contributed by atoms with Crippen molar-refractivity contribution in [3.8, 4) is 63.2 Å². The molecule has 0 aliphatic rings. The zero-order chi connectivity index (χ0) is 67.5. The Hall–Kier alpha value is -7.66. The lowest BCUT2D eigenvalue weighted by molar-refractivity contribution is 0.401. The first-order chi connectivity index (χ1) is 39.3. The maximum Gasteiger partial charge on any atom is 0.157 e. The molecule has 7 aromatic carbocycles. The molecule has 11 nitrogen and oxygen atoms in total. The van der Waals surface area contributed by atoms with Crippen LogP contribution in [0.2, 0.25) is 0 Å². The van der Waals surface area contributed by atoms with Crippen molar-refractivity contribution < 1.29 is 55.8 Å². The predicted octanol–water partition coefficient (Wildman–Crippen LogP) is 19.3. The van der Waals surface area contributed by atoms with E-state index in [0.717, 1.165) is 55.8 Å². The standard InChI is InChI=1S/C24H34O2.C15H24O.C11H16O2.2C10H14O2.C6H6O2/c1-14-10-21(25)19(23(4,5)6)12-17(14)16(3)18-13-20(24(7,8)9)22(26)11-15(18)2;1-10-8-11(14(2,3)4)13(16)12(9-10)15(5,6)7;1-11(2,3)9-7-8(13-4)5-6-10(9)12;1-10(2,3)8-6-7(11)4-5-9(8)12;1-10(2,3)7-4-5-8(11)9(12)6-7;7-5-1-2-6(8)4-3-5/h10-13,16,25-26H,1-9H3;8-9,16H,1-7H3;5-7,12H,1-4H3;2*4-6,11-12H,1-3H3;1-4,7-8H. The van der Waals surface area contributed by atoms with Crippen LogP contribution >= 0.6 is 0 Å². The minimum atomic E-state index is -0.136. The summed E-state index contributed by atoms with van der Waals surface area (Å²) in [5.74, 6) is 3.13. The summed E-state index contributed by atoms with van der Waals surface area (Å²) in [6, 6.07) is 32.7. The van der Waals surface area contributed by atoms with Crippen LogP contribution < -0.4 is 4.74 Å². The molecule has 0 heterocycles. The lowest BCUT2D eigenvalue weighted by Crippen LogP contribution is -2.17. The lowest BCUT2D eigenvalue weighted by Gasteiger charge is -2.27. The van der Waals surface area contributed by atoms with E-state index >= 15 is 0 Å². The van der Waals surface area contributed by atoms with E-state index in [1.54, 1.807) is 31.4 Å². The predicted molar refractivity (Wildman–Crippen MR) is 361 cm³/mol. The Morgan fingerprint density at radius 2 is 0.621 bits per heavy atom. The van der Waals surface area contributed by atoms with Crippen molar-refractivity contribution in [2.45, 2.75) is 217 Å². The molecule has 0 aliphatic carbocycles. The summed E-state index contributed by atoms with van der Waals surface area (Å²) in [6.07, 6.45) is 0. The summed E-state index contributed by atoms with van der Waals surface area (Å²) >= 11 is 0. The molecule has 0 radical (unpaired) electrons. The third-order valence-corrected chi connectivity index (χ3v) is 14.7. The number of hydrogen-bond acceptors (Lipinski definition) is 11. The van der Waals surface area contributed by atoms with Gasteiger partial charge in [-0.3, -0.25) is 0 Å². The molecule has 0 spiro atoms. The van der Waals surface area contributed by atoms with Crippen LogP contribution in [-0.2, 0) is 37.9 Å². The van der Waals surface area contributed by atoms with Crippen molar-refractivity contribution in [3.05, 3.63) is 182 Å². The molecule has 0 saturated carbocycles. The first-order valence-electron chi connectivity index (χ1n) is 29.8. The molecule has 0 amide bonds. The number of hydrogen-bond donors (Lipinski definition) is 10. The van der Waals surface area contributed by atoms with Crippen molar-refractivity contribution in [1.29, 1.82) is 0 Å². The Labute approximate surface area is 522 Å². The topological polar surface area (TPSA) is 212 Å². The fourth-order valence-corrected chi connectivity index (χ4v) is 9.45. The second kappa shape index (κ2) is 29.4. The maximum atomic E-state index is 10.4. The molecular formula is C76H108O11. The highest BCUT2D eigenvalue weighted by Crippen LogP contribution is 2.43. The highest BCUT2D eigenvalue weighted by molar-refractivity contribution is 5.53. The molecule has 0 atom stereocenters. The van der Waals surface area contributed by atoms with Crippen molar-refractivity contribution in [1.82, 2.24) is 0 Å². The number of rotatable bonds is 3. The SMILES string of the molecule is CC(C)(C)c1cc(O)ccc1O.CC(C)(C)c1ccc(O)c(O)c1.COc1ccc(O)c(C(C)(C)C)c1.Cc1cc(C(C)(C)C)c(O)c(C(C)(C)C)c1.Cc1cc(O)c(C(C)(C)C)cc1C(C)c1cc(C(C)(C)C)c(O)cc1C.Oc1ccc(O)cc1. The fourth-order valence-electron chi connectivity index (χ4n) is 9.45.